The van der Waals surface area contributed by atoms with Crippen molar-refractivity contribution in [1.29, 1.82) is 0 Å². The van der Waals surface area contributed by atoms with Crippen LogP contribution in [0, 0.1) is 0 Å². The van der Waals surface area contributed by atoms with Gasteiger partial charge in [-0.25, -0.2) is 8.42 Å². The fraction of sp³-hybridized carbons (Fsp3) is 0.267. The first-order valence-electron chi connectivity index (χ1n) is 7.29. The molecule has 0 N–H and O–H groups in total. The Balaban J connectivity index is 1.69. The molecule has 0 saturated carbocycles. The Morgan fingerprint density at radius 1 is 0.960 bits per heavy atom. The minimum Gasteiger partial charge on any atom is -0.336 e. The standard InChI is InChI=1S/C15H13Cl3N2O3S2/c16-11-2-1-10(9-12(11)17)15(21)19-5-7-20(8-6-19)25(22,23)14-4-3-13(18)24-14/h1-4,9H,5-8H2. The molecule has 3 rings (SSSR count). The molecule has 0 atom stereocenters. The topological polar surface area (TPSA) is 57.7 Å². The summed E-state index contributed by atoms with van der Waals surface area (Å²) in [5, 5.41) is 0.687. The first kappa shape index (κ1) is 18.9. The number of sulfonamides is 1. The highest BCUT2D eigenvalue weighted by Gasteiger charge is 2.31. The molecule has 1 fully saturated rings. The van der Waals surface area contributed by atoms with Crippen LogP contribution in [0.5, 0.6) is 0 Å². The maximum atomic E-state index is 12.6. The lowest BCUT2D eigenvalue weighted by Crippen LogP contribution is -2.50. The van der Waals surface area contributed by atoms with Crippen LogP contribution in [0.15, 0.2) is 34.5 Å². The van der Waals surface area contributed by atoms with Gasteiger partial charge in [-0.2, -0.15) is 4.31 Å². The number of halogens is 3. The molecular formula is C15H13Cl3N2O3S2. The number of nitrogens with zero attached hydrogens (tertiary/aromatic N) is 2. The highest BCUT2D eigenvalue weighted by molar-refractivity contribution is 7.91. The van der Waals surface area contributed by atoms with Crippen molar-refractivity contribution in [1.82, 2.24) is 9.21 Å². The molecule has 5 nitrogen and oxygen atoms in total. The fourth-order valence-corrected chi connectivity index (χ4v) is 5.86. The zero-order valence-electron chi connectivity index (χ0n) is 12.8. The Labute approximate surface area is 164 Å². The number of rotatable bonds is 3. The predicted molar refractivity (Wildman–Crippen MR) is 100 cm³/mol. The van der Waals surface area contributed by atoms with Gasteiger partial charge >= 0.3 is 0 Å². The van der Waals surface area contributed by atoms with Gasteiger partial charge < -0.3 is 4.90 Å². The first-order valence-corrected chi connectivity index (χ1v) is 10.7. The third-order valence-electron chi connectivity index (χ3n) is 3.84. The number of hydrogen-bond donors (Lipinski definition) is 0. The summed E-state index contributed by atoms with van der Waals surface area (Å²) in [4.78, 5) is 14.1. The summed E-state index contributed by atoms with van der Waals surface area (Å²) in [6.07, 6.45) is 0. The lowest BCUT2D eigenvalue weighted by Gasteiger charge is -2.33. The number of amides is 1. The highest BCUT2D eigenvalue weighted by atomic mass is 35.5. The summed E-state index contributed by atoms with van der Waals surface area (Å²) in [5.74, 6) is -0.199. The second-order valence-corrected chi connectivity index (χ2v) is 10.1. The molecule has 1 amide bonds. The van der Waals surface area contributed by atoms with E-state index in [0.717, 1.165) is 11.3 Å². The van der Waals surface area contributed by atoms with Crippen LogP contribution >= 0.6 is 46.1 Å². The van der Waals surface area contributed by atoms with E-state index in [1.807, 2.05) is 0 Å². The molecule has 10 heteroatoms. The summed E-state index contributed by atoms with van der Waals surface area (Å²) in [5.41, 5.74) is 0.427. The largest absolute Gasteiger partial charge is 0.336 e. The Morgan fingerprint density at radius 3 is 2.20 bits per heavy atom. The van der Waals surface area contributed by atoms with Crippen LogP contribution in [0.2, 0.25) is 14.4 Å². The summed E-state index contributed by atoms with van der Waals surface area (Å²) in [6.45, 7) is 1.06. The average Bonchev–Trinajstić information content (AvgIpc) is 3.04. The van der Waals surface area contributed by atoms with E-state index in [9.17, 15) is 13.2 Å². The van der Waals surface area contributed by atoms with Crippen LogP contribution in [0.4, 0.5) is 0 Å². The van der Waals surface area contributed by atoms with E-state index in [1.54, 1.807) is 23.1 Å². The molecular weight excluding hydrogens is 427 g/mol. The Bertz CT molecular complexity index is 906. The number of thiophene rings is 1. The van der Waals surface area contributed by atoms with Gasteiger partial charge in [0.1, 0.15) is 4.21 Å². The number of hydrogen-bond acceptors (Lipinski definition) is 4. The molecule has 0 unspecified atom stereocenters. The van der Waals surface area contributed by atoms with E-state index in [4.69, 9.17) is 34.8 Å². The lowest BCUT2D eigenvalue weighted by atomic mass is 10.2. The van der Waals surface area contributed by atoms with E-state index < -0.39 is 10.0 Å². The molecule has 2 heterocycles. The van der Waals surface area contributed by atoms with E-state index in [0.29, 0.717) is 33.0 Å². The van der Waals surface area contributed by atoms with Gasteiger partial charge in [0.2, 0.25) is 0 Å². The normalized spacial score (nSPS) is 16.2. The van der Waals surface area contributed by atoms with Crippen LogP contribution < -0.4 is 0 Å². The van der Waals surface area contributed by atoms with Crippen molar-refractivity contribution in [3.63, 3.8) is 0 Å². The first-order chi connectivity index (χ1) is 11.8. The Kier molecular flexibility index (Phi) is 5.63. The SMILES string of the molecule is O=C(c1ccc(Cl)c(Cl)c1)N1CCN(S(=O)(=O)c2ccc(Cl)s2)CC1. The monoisotopic (exact) mass is 438 g/mol. The molecule has 0 bridgehead atoms. The van der Waals surface area contributed by atoms with Gasteiger partial charge in [-0.05, 0) is 30.3 Å². The molecule has 1 aromatic heterocycles. The van der Waals surface area contributed by atoms with Crippen molar-refractivity contribution < 1.29 is 13.2 Å². The van der Waals surface area contributed by atoms with Crippen molar-refractivity contribution in [3.05, 3.63) is 50.3 Å². The summed E-state index contributed by atoms with van der Waals surface area (Å²) >= 11 is 18.7. The van der Waals surface area contributed by atoms with Crippen LogP contribution in [-0.4, -0.2) is 49.7 Å². The molecule has 0 radical (unpaired) electrons. The molecule has 0 aliphatic carbocycles. The molecule has 0 spiro atoms. The Morgan fingerprint density at radius 2 is 1.64 bits per heavy atom. The quantitative estimate of drug-likeness (QED) is 0.730. The minimum atomic E-state index is -3.58. The smallest absolute Gasteiger partial charge is 0.253 e. The molecule has 1 aromatic carbocycles. The van der Waals surface area contributed by atoms with Crippen molar-refractivity contribution >= 4 is 62.1 Å². The highest BCUT2D eigenvalue weighted by Crippen LogP contribution is 2.29. The second kappa shape index (κ2) is 7.42. The van der Waals surface area contributed by atoms with Crippen LogP contribution in [0.1, 0.15) is 10.4 Å². The van der Waals surface area contributed by atoms with E-state index in [2.05, 4.69) is 0 Å². The second-order valence-electron chi connectivity index (χ2n) is 5.38. The summed E-state index contributed by atoms with van der Waals surface area (Å²) in [6, 6.07) is 7.74. The molecule has 134 valence electrons. The maximum Gasteiger partial charge on any atom is 0.253 e. The number of benzene rings is 1. The van der Waals surface area contributed by atoms with Crippen molar-refractivity contribution in [2.75, 3.05) is 26.2 Å². The minimum absolute atomic E-state index is 0.199. The molecule has 2 aromatic rings. The van der Waals surface area contributed by atoms with Gasteiger partial charge in [0.15, 0.2) is 0 Å². The zero-order chi connectivity index (χ0) is 18.2. The number of carbonyl (C=O) groups is 1. The fourth-order valence-electron chi connectivity index (χ4n) is 2.51. The molecule has 1 aliphatic rings. The van der Waals surface area contributed by atoms with Crippen molar-refractivity contribution in [3.8, 4) is 0 Å². The van der Waals surface area contributed by atoms with Crippen molar-refractivity contribution in [2.24, 2.45) is 0 Å². The summed E-state index contributed by atoms with van der Waals surface area (Å²) < 4.78 is 27.1. The molecule has 1 saturated heterocycles. The van der Waals surface area contributed by atoms with Gasteiger partial charge in [-0.1, -0.05) is 34.8 Å². The van der Waals surface area contributed by atoms with Gasteiger partial charge in [0.25, 0.3) is 15.9 Å². The maximum absolute atomic E-state index is 12.6. The lowest BCUT2D eigenvalue weighted by molar-refractivity contribution is 0.0698. The average molecular weight is 440 g/mol. The van der Waals surface area contributed by atoms with E-state index >= 15 is 0 Å². The number of piperazine rings is 1. The zero-order valence-corrected chi connectivity index (χ0v) is 16.7. The van der Waals surface area contributed by atoms with Crippen LogP contribution in [0.3, 0.4) is 0 Å². The molecule has 1 aliphatic heterocycles. The third-order valence-corrected chi connectivity index (χ3v) is 8.17. The van der Waals surface area contributed by atoms with Gasteiger partial charge in [-0.3, -0.25) is 4.79 Å². The van der Waals surface area contributed by atoms with E-state index in [1.165, 1.54) is 16.4 Å². The third kappa shape index (κ3) is 3.97. The van der Waals surface area contributed by atoms with Crippen molar-refractivity contribution in [2.45, 2.75) is 4.21 Å². The van der Waals surface area contributed by atoms with Gasteiger partial charge in [-0.15, -0.1) is 11.3 Å². The summed E-state index contributed by atoms with van der Waals surface area (Å²) in [7, 11) is -3.58. The Hall–Kier alpha value is -0.830. The number of carbonyl (C=O) groups excluding carboxylic acids is 1. The van der Waals surface area contributed by atoms with Gasteiger partial charge in [0.05, 0.1) is 14.4 Å². The van der Waals surface area contributed by atoms with Gasteiger partial charge in [0, 0.05) is 31.7 Å². The molecule has 25 heavy (non-hydrogen) atoms. The van der Waals surface area contributed by atoms with E-state index in [-0.39, 0.29) is 23.2 Å². The van der Waals surface area contributed by atoms with Crippen LogP contribution in [-0.2, 0) is 10.0 Å². The predicted octanol–water partition coefficient (Wildman–Crippen LogP) is 3.86. The van der Waals surface area contributed by atoms with Crippen LogP contribution in [0.25, 0.3) is 0 Å².